The Balaban J connectivity index is 1.37. The molecule has 10 heteroatoms. The molecule has 47 heavy (non-hydrogen) atoms. The first kappa shape index (κ1) is 33.1. The maximum Gasteiger partial charge on any atom is 0.289 e. The molecule has 0 radical (unpaired) electrons. The fraction of sp³-hybridized carbons (Fsp3) is 0.324. The Bertz CT molecular complexity index is 1750. The molecule has 3 N–H and O–H groups in total. The summed E-state index contributed by atoms with van der Waals surface area (Å²) < 4.78 is 10.8. The highest BCUT2D eigenvalue weighted by Crippen LogP contribution is 2.32. The predicted octanol–water partition coefficient (Wildman–Crippen LogP) is 4.75. The molecule has 0 bridgehead atoms. The first-order valence-electron chi connectivity index (χ1n) is 15.8. The highest BCUT2D eigenvalue weighted by Gasteiger charge is 2.35. The molecule has 3 atom stereocenters. The summed E-state index contributed by atoms with van der Waals surface area (Å²) in [5.41, 5.74) is 2.58. The van der Waals surface area contributed by atoms with Crippen molar-refractivity contribution in [3.05, 3.63) is 95.7 Å². The second kappa shape index (κ2) is 15.4. The summed E-state index contributed by atoms with van der Waals surface area (Å²) in [6.07, 6.45) is 1.77. The summed E-state index contributed by atoms with van der Waals surface area (Å²) in [7, 11) is 3.07. The highest BCUT2D eigenvalue weighted by atomic mass is 16.5. The summed E-state index contributed by atoms with van der Waals surface area (Å²) in [5.74, 6) is -2.72. The number of H-pyrrole nitrogens is 1. The Morgan fingerprint density at radius 1 is 0.915 bits per heavy atom. The number of benzene rings is 3. The van der Waals surface area contributed by atoms with Crippen LogP contribution in [0, 0.1) is 11.8 Å². The largest absolute Gasteiger partial charge is 0.497 e. The van der Waals surface area contributed by atoms with E-state index >= 15 is 0 Å². The van der Waals surface area contributed by atoms with Crippen molar-refractivity contribution < 1.29 is 33.4 Å². The van der Waals surface area contributed by atoms with Gasteiger partial charge >= 0.3 is 0 Å². The number of amides is 2. The minimum atomic E-state index is -1.22. The molecule has 1 aromatic heterocycles. The number of Topliss-reactive ketones (excluding diaryl/α,β-unsaturated/α-hetero) is 3. The molecule has 3 aromatic carbocycles. The van der Waals surface area contributed by atoms with Gasteiger partial charge in [-0.15, -0.1) is 0 Å². The number of hydrogen-bond donors (Lipinski definition) is 3. The van der Waals surface area contributed by atoms with Gasteiger partial charge in [-0.3, -0.25) is 24.0 Å². The molecule has 4 aromatic rings. The average molecular weight is 638 g/mol. The minimum absolute atomic E-state index is 0.0172. The highest BCUT2D eigenvalue weighted by molar-refractivity contribution is 6.38. The van der Waals surface area contributed by atoms with E-state index in [1.165, 1.54) is 14.2 Å². The molecule has 1 aliphatic carbocycles. The summed E-state index contributed by atoms with van der Waals surface area (Å²) in [6, 6.07) is 22.4. The molecule has 2 amide bonds. The SMILES string of the molecule is COc1cc(OC)c2cc(C(=O)C[C@@H](Cc3ccccc3)C(=O)N[C@@H](C[C@@H]3CCCC3=O)C(=O)C(=O)NCc3ccccc3)[nH]c2c1. The van der Waals surface area contributed by atoms with E-state index in [0.29, 0.717) is 47.4 Å². The molecule has 0 unspecified atom stereocenters. The first-order chi connectivity index (χ1) is 22.7. The minimum Gasteiger partial charge on any atom is -0.497 e. The zero-order valence-electron chi connectivity index (χ0n) is 26.5. The molecule has 10 nitrogen and oxygen atoms in total. The van der Waals surface area contributed by atoms with E-state index < -0.39 is 35.5 Å². The van der Waals surface area contributed by atoms with Crippen molar-refractivity contribution >= 4 is 40.1 Å². The number of rotatable bonds is 15. The predicted molar refractivity (Wildman–Crippen MR) is 176 cm³/mol. The summed E-state index contributed by atoms with van der Waals surface area (Å²) in [5, 5.41) is 6.11. The number of aromatic amines is 1. The van der Waals surface area contributed by atoms with Gasteiger partial charge in [-0.2, -0.15) is 0 Å². The van der Waals surface area contributed by atoms with Crippen molar-refractivity contribution in [3.8, 4) is 11.5 Å². The number of aromatic nitrogens is 1. The lowest BCUT2D eigenvalue weighted by atomic mass is 9.90. The van der Waals surface area contributed by atoms with Gasteiger partial charge < -0.3 is 25.1 Å². The number of carbonyl (C=O) groups is 5. The summed E-state index contributed by atoms with van der Waals surface area (Å²) in [6.45, 7) is 0.140. The number of fused-ring (bicyclic) bond motifs is 1. The normalized spacial score (nSPS) is 15.5. The van der Waals surface area contributed by atoms with Crippen molar-refractivity contribution in [1.82, 2.24) is 15.6 Å². The van der Waals surface area contributed by atoms with Crippen LogP contribution in [0.4, 0.5) is 0 Å². The van der Waals surface area contributed by atoms with Gasteiger partial charge in [0.2, 0.25) is 11.7 Å². The van der Waals surface area contributed by atoms with Crippen molar-refractivity contribution in [2.45, 2.75) is 51.1 Å². The van der Waals surface area contributed by atoms with Crippen LogP contribution in [-0.4, -0.2) is 54.4 Å². The molecule has 0 saturated heterocycles. The molecule has 0 spiro atoms. The van der Waals surface area contributed by atoms with Crippen LogP contribution in [0.15, 0.2) is 78.9 Å². The third-order valence-electron chi connectivity index (χ3n) is 8.66. The summed E-state index contributed by atoms with van der Waals surface area (Å²) in [4.78, 5) is 69.8. The molecule has 5 rings (SSSR count). The molecule has 1 saturated carbocycles. The third kappa shape index (κ3) is 8.32. The van der Waals surface area contributed by atoms with Gasteiger partial charge in [-0.25, -0.2) is 0 Å². The van der Waals surface area contributed by atoms with Gasteiger partial charge in [0, 0.05) is 48.7 Å². The number of methoxy groups -OCH3 is 2. The Hall–Kier alpha value is -5.25. The quantitative estimate of drug-likeness (QED) is 0.126. The van der Waals surface area contributed by atoms with Crippen LogP contribution < -0.4 is 20.1 Å². The van der Waals surface area contributed by atoms with E-state index in [1.807, 2.05) is 60.7 Å². The lowest BCUT2D eigenvalue weighted by Gasteiger charge is -2.23. The maximum atomic E-state index is 14.0. The van der Waals surface area contributed by atoms with Crippen LogP contribution in [0.5, 0.6) is 11.5 Å². The van der Waals surface area contributed by atoms with E-state index in [1.54, 1.807) is 18.2 Å². The Morgan fingerprint density at radius 3 is 2.26 bits per heavy atom. The van der Waals surface area contributed by atoms with E-state index in [-0.39, 0.29) is 37.4 Å². The lowest BCUT2D eigenvalue weighted by molar-refractivity contribution is -0.141. The van der Waals surface area contributed by atoms with Crippen LogP contribution in [-0.2, 0) is 32.1 Å². The van der Waals surface area contributed by atoms with Gasteiger partial charge in [0.15, 0.2) is 5.78 Å². The second-order valence-corrected chi connectivity index (χ2v) is 11.9. The van der Waals surface area contributed by atoms with Gasteiger partial charge in [0.05, 0.1) is 31.5 Å². The zero-order chi connectivity index (χ0) is 33.3. The van der Waals surface area contributed by atoms with Crippen molar-refractivity contribution in [1.29, 1.82) is 0 Å². The van der Waals surface area contributed by atoms with Gasteiger partial charge in [-0.1, -0.05) is 60.7 Å². The van der Waals surface area contributed by atoms with Crippen molar-refractivity contribution in [2.24, 2.45) is 11.8 Å². The fourth-order valence-corrected chi connectivity index (χ4v) is 6.07. The van der Waals surface area contributed by atoms with Gasteiger partial charge in [0.25, 0.3) is 5.91 Å². The topological polar surface area (TPSA) is 144 Å². The number of nitrogens with one attached hydrogen (secondary N) is 3. The Labute approximate surface area is 273 Å². The monoisotopic (exact) mass is 637 g/mol. The molecule has 1 aliphatic rings. The first-order valence-corrected chi connectivity index (χ1v) is 15.8. The van der Waals surface area contributed by atoms with Crippen LogP contribution in [0.3, 0.4) is 0 Å². The smallest absolute Gasteiger partial charge is 0.289 e. The van der Waals surface area contributed by atoms with Gasteiger partial charge in [0.1, 0.15) is 17.3 Å². The molecule has 1 heterocycles. The van der Waals surface area contributed by atoms with Crippen molar-refractivity contribution in [3.63, 3.8) is 0 Å². The molecule has 244 valence electrons. The number of carbonyl (C=O) groups excluding carboxylic acids is 5. The molecular weight excluding hydrogens is 598 g/mol. The maximum absolute atomic E-state index is 14.0. The summed E-state index contributed by atoms with van der Waals surface area (Å²) >= 11 is 0. The number of ketones is 3. The lowest BCUT2D eigenvalue weighted by Crippen LogP contribution is -2.50. The Kier molecular flexibility index (Phi) is 10.8. The van der Waals surface area contributed by atoms with Crippen LogP contribution in [0.2, 0.25) is 0 Å². The average Bonchev–Trinajstić information content (AvgIpc) is 3.72. The number of ether oxygens (including phenoxy) is 2. The van der Waals surface area contributed by atoms with Crippen LogP contribution >= 0.6 is 0 Å². The van der Waals surface area contributed by atoms with E-state index in [9.17, 15) is 24.0 Å². The molecular formula is C37H39N3O7. The standard InChI is InChI=1S/C37H39N3O7/c1-46-27-19-29-28(34(20-27)47-2)21-30(39-29)33(42)18-26(16-23-10-5-3-6-11-23)36(44)40-31(17-25-14-9-15-32(25)41)35(43)37(45)38-22-24-12-7-4-8-13-24/h3-8,10-13,19-21,25-26,31,39H,9,14-18,22H2,1-2H3,(H,38,45)(H,40,44)/t25-,26+,31-/m0/s1. The van der Waals surface area contributed by atoms with Gasteiger partial charge in [-0.05, 0) is 42.9 Å². The fourth-order valence-electron chi connectivity index (χ4n) is 6.07. The van der Waals surface area contributed by atoms with Crippen LogP contribution in [0.1, 0.15) is 53.7 Å². The molecule has 1 fully saturated rings. The van der Waals surface area contributed by atoms with E-state index in [4.69, 9.17) is 9.47 Å². The zero-order valence-corrected chi connectivity index (χ0v) is 26.5. The number of hydrogen-bond acceptors (Lipinski definition) is 7. The van der Waals surface area contributed by atoms with E-state index in [0.717, 1.165) is 11.1 Å². The third-order valence-corrected chi connectivity index (χ3v) is 8.66. The Morgan fingerprint density at radius 2 is 1.62 bits per heavy atom. The van der Waals surface area contributed by atoms with Crippen LogP contribution in [0.25, 0.3) is 10.9 Å². The van der Waals surface area contributed by atoms with E-state index in [2.05, 4.69) is 15.6 Å². The second-order valence-electron chi connectivity index (χ2n) is 11.9. The van der Waals surface area contributed by atoms with Crippen molar-refractivity contribution in [2.75, 3.05) is 14.2 Å². The molecule has 0 aliphatic heterocycles.